The maximum Gasteiger partial charge on any atom is 0.410 e. The number of amides is 3. The first kappa shape index (κ1) is 25.9. The number of hydrogen-bond donors (Lipinski definition) is 2. The van der Waals surface area contributed by atoms with Crippen LogP contribution >= 0.6 is 0 Å². The van der Waals surface area contributed by atoms with E-state index in [9.17, 15) is 24.3 Å². The number of nitrogens with one attached hydrogen (secondary N) is 1. The molecular weight excluding hydrogens is 418 g/mol. The highest BCUT2D eigenvalue weighted by Crippen LogP contribution is 2.34. The summed E-state index contributed by atoms with van der Waals surface area (Å²) in [5.74, 6) is -1.88. The fourth-order valence-electron chi connectivity index (χ4n) is 4.52. The minimum Gasteiger partial charge on any atom is -0.467 e. The van der Waals surface area contributed by atoms with Gasteiger partial charge in [-0.15, -0.1) is 0 Å². The number of methoxy groups -OCH3 is 1. The Morgan fingerprint density at radius 2 is 1.84 bits per heavy atom. The summed E-state index contributed by atoms with van der Waals surface area (Å²) in [6, 6.07) is -2.68. The Hall–Kier alpha value is -2.36. The molecule has 0 aromatic rings. The van der Waals surface area contributed by atoms with E-state index in [0.29, 0.717) is 32.1 Å². The van der Waals surface area contributed by atoms with Crippen molar-refractivity contribution in [1.29, 1.82) is 0 Å². The number of esters is 1. The molecule has 0 saturated carbocycles. The maximum absolute atomic E-state index is 13.5. The Labute approximate surface area is 189 Å². The predicted molar refractivity (Wildman–Crippen MR) is 115 cm³/mol. The zero-order chi connectivity index (χ0) is 24.2. The average Bonchev–Trinajstić information content (AvgIpc) is 3.10. The number of aliphatic hydroxyl groups is 1. The van der Waals surface area contributed by atoms with Crippen molar-refractivity contribution in [2.75, 3.05) is 20.8 Å². The number of likely N-dealkylation sites (N-methyl/N-ethyl adjacent to an activating group) is 1. The molecule has 2 saturated heterocycles. The summed E-state index contributed by atoms with van der Waals surface area (Å²) in [5, 5.41) is 12.7. The number of ether oxygens (including phenoxy) is 2. The first-order valence-electron chi connectivity index (χ1n) is 11.2. The highest BCUT2D eigenvalue weighted by atomic mass is 16.6. The first-order valence-corrected chi connectivity index (χ1v) is 11.2. The molecule has 2 aliphatic heterocycles. The Morgan fingerprint density at radius 1 is 1.22 bits per heavy atom. The van der Waals surface area contributed by atoms with Gasteiger partial charge in [0.05, 0.1) is 7.11 Å². The van der Waals surface area contributed by atoms with Crippen molar-refractivity contribution in [2.45, 2.75) is 89.6 Å². The van der Waals surface area contributed by atoms with E-state index in [0.717, 1.165) is 0 Å². The molecule has 2 aliphatic rings. The van der Waals surface area contributed by atoms with Crippen molar-refractivity contribution in [2.24, 2.45) is 5.92 Å². The lowest BCUT2D eigenvalue weighted by Gasteiger charge is -2.33. The van der Waals surface area contributed by atoms with Crippen molar-refractivity contribution in [3.05, 3.63) is 0 Å². The van der Waals surface area contributed by atoms with Gasteiger partial charge < -0.3 is 24.8 Å². The molecule has 182 valence electrons. The smallest absolute Gasteiger partial charge is 0.410 e. The second-order valence-electron chi connectivity index (χ2n) is 9.54. The molecule has 0 aromatic heterocycles. The van der Waals surface area contributed by atoms with Crippen LogP contribution in [0.4, 0.5) is 4.79 Å². The van der Waals surface area contributed by atoms with Crippen LogP contribution in [0.5, 0.6) is 0 Å². The van der Waals surface area contributed by atoms with Gasteiger partial charge in [0.2, 0.25) is 11.8 Å². The van der Waals surface area contributed by atoms with Gasteiger partial charge in [-0.1, -0.05) is 6.92 Å². The minimum absolute atomic E-state index is 0.131. The summed E-state index contributed by atoms with van der Waals surface area (Å²) in [7, 11) is 2.76. The fourth-order valence-corrected chi connectivity index (χ4v) is 4.52. The third kappa shape index (κ3) is 5.70. The molecule has 32 heavy (non-hydrogen) atoms. The summed E-state index contributed by atoms with van der Waals surface area (Å²) in [6.07, 6.45) is 2.00. The van der Waals surface area contributed by atoms with Crippen molar-refractivity contribution in [1.82, 2.24) is 15.1 Å². The molecule has 5 atom stereocenters. The van der Waals surface area contributed by atoms with Crippen LogP contribution in [0.25, 0.3) is 0 Å². The molecule has 10 heteroatoms. The van der Waals surface area contributed by atoms with Crippen LogP contribution in [-0.4, -0.2) is 89.3 Å². The molecule has 0 unspecified atom stereocenters. The summed E-state index contributed by atoms with van der Waals surface area (Å²) >= 11 is 0. The molecule has 0 radical (unpaired) electrons. The number of hydrogen-bond acceptors (Lipinski definition) is 7. The minimum atomic E-state index is -0.996. The molecule has 0 aromatic carbocycles. The largest absolute Gasteiger partial charge is 0.467 e. The van der Waals surface area contributed by atoms with Crippen LogP contribution in [0, 0.1) is 5.92 Å². The van der Waals surface area contributed by atoms with E-state index in [-0.39, 0.29) is 12.6 Å². The molecule has 10 nitrogen and oxygen atoms in total. The van der Waals surface area contributed by atoms with Gasteiger partial charge in [0.25, 0.3) is 0 Å². The second-order valence-corrected chi connectivity index (χ2v) is 9.54. The molecule has 2 rings (SSSR count). The first-order chi connectivity index (χ1) is 14.9. The van der Waals surface area contributed by atoms with Crippen LogP contribution in [-0.2, 0) is 23.9 Å². The van der Waals surface area contributed by atoms with E-state index in [2.05, 4.69) is 5.32 Å². The van der Waals surface area contributed by atoms with Crippen LogP contribution in [0.1, 0.15) is 59.8 Å². The van der Waals surface area contributed by atoms with Crippen molar-refractivity contribution >= 4 is 23.9 Å². The van der Waals surface area contributed by atoms with Gasteiger partial charge in [0.1, 0.15) is 23.7 Å². The van der Waals surface area contributed by atoms with Crippen LogP contribution in [0.2, 0.25) is 0 Å². The summed E-state index contributed by atoms with van der Waals surface area (Å²) < 4.78 is 10.2. The molecule has 0 bridgehead atoms. The average molecular weight is 456 g/mol. The topological polar surface area (TPSA) is 125 Å². The number of carbonyl (C=O) groups excluding carboxylic acids is 4. The number of nitrogens with zero attached hydrogens (tertiary/aromatic N) is 2. The highest BCUT2D eigenvalue weighted by molar-refractivity contribution is 5.94. The number of rotatable bonds is 6. The zero-order valence-electron chi connectivity index (χ0n) is 19.9. The van der Waals surface area contributed by atoms with Crippen molar-refractivity contribution in [3.63, 3.8) is 0 Å². The lowest BCUT2D eigenvalue weighted by atomic mass is 9.93. The Morgan fingerprint density at radius 3 is 2.38 bits per heavy atom. The SMILES string of the molecule is CC[C@@H](C(=O)N[C@@H]1C(=O)N2[C@@H](CC[C@@H]1CO)CC[C@H]2C(=O)OC)N(C)C(=O)OC(C)(C)C. The monoisotopic (exact) mass is 455 g/mol. The summed E-state index contributed by atoms with van der Waals surface area (Å²) in [5.41, 5.74) is -0.715. The standard InChI is InChI=1S/C22H37N3O7/c1-7-15(24(5)21(30)32-22(2,3)4)18(27)23-17-13(12-26)8-9-14-10-11-16(20(29)31-6)25(14)19(17)28/h13-17,26H,7-12H2,1-6H3,(H,23,27)/t13-,14+,15+,16+,17+/m1/s1. The van der Waals surface area contributed by atoms with E-state index in [1.165, 1.54) is 24.0 Å². The summed E-state index contributed by atoms with van der Waals surface area (Å²) in [4.78, 5) is 54.0. The molecule has 2 heterocycles. The van der Waals surface area contributed by atoms with Gasteiger partial charge in [-0.25, -0.2) is 9.59 Å². The Bertz CT molecular complexity index is 721. The van der Waals surface area contributed by atoms with Crippen LogP contribution < -0.4 is 5.32 Å². The highest BCUT2D eigenvalue weighted by Gasteiger charge is 2.48. The number of carbonyl (C=O) groups is 4. The number of fused-ring (bicyclic) bond motifs is 1. The molecule has 0 spiro atoms. The molecule has 0 aliphatic carbocycles. The third-order valence-electron chi connectivity index (χ3n) is 6.21. The van der Waals surface area contributed by atoms with E-state index in [4.69, 9.17) is 9.47 Å². The van der Waals surface area contributed by atoms with Gasteiger partial charge in [-0.2, -0.15) is 0 Å². The van der Waals surface area contributed by atoms with Gasteiger partial charge in [0, 0.05) is 25.6 Å². The maximum atomic E-state index is 13.5. The fraction of sp³-hybridized carbons (Fsp3) is 0.818. The molecule has 2 N–H and O–H groups in total. The van der Waals surface area contributed by atoms with E-state index in [1.807, 2.05) is 0 Å². The predicted octanol–water partition coefficient (Wildman–Crippen LogP) is 1.05. The lowest BCUT2D eigenvalue weighted by Crippen LogP contribution is -2.58. The van der Waals surface area contributed by atoms with Gasteiger partial charge in [-0.3, -0.25) is 14.5 Å². The van der Waals surface area contributed by atoms with Gasteiger partial charge in [-0.05, 0) is 52.9 Å². The summed E-state index contributed by atoms with van der Waals surface area (Å²) in [6.45, 7) is 6.69. The second kappa shape index (κ2) is 10.5. The van der Waals surface area contributed by atoms with E-state index < -0.39 is 53.5 Å². The quantitative estimate of drug-likeness (QED) is 0.574. The van der Waals surface area contributed by atoms with Crippen LogP contribution in [0.3, 0.4) is 0 Å². The Balaban J connectivity index is 2.22. The number of aliphatic hydroxyl groups excluding tert-OH is 1. The normalized spacial score (nSPS) is 26.6. The third-order valence-corrected chi connectivity index (χ3v) is 6.21. The van der Waals surface area contributed by atoms with E-state index >= 15 is 0 Å². The van der Waals surface area contributed by atoms with Crippen molar-refractivity contribution in [3.8, 4) is 0 Å². The van der Waals surface area contributed by atoms with Gasteiger partial charge >= 0.3 is 12.1 Å². The van der Waals surface area contributed by atoms with Crippen LogP contribution in [0.15, 0.2) is 0 Å². The molecular formula is C22H37N3O7. The molecule has 3 amide bonds. The van der Waals surface area contributed by atoms with Crippen molar-refractivity contribution < 1.29 is 33.8 Å². The zero-order valence-corrected chi connectivity index (χ0v) is 19.9. The Kier molecular flexibility index (Phi) is 8.50. The van der Waals surface area contributed by atoms with E-state index in [1.54, 1.807) is 27.7 Å². The lowest BCUT2D eigenvalue weighted by molar-refractivity contribution is -0.153. The molecule has 2 fully saturated rings. The van der Waals surface area contributed by atoms with Gasteiger partial charge in [0.15, 0.2) is 0 Å².